The lowest BCUT2D eigenvalue weighted by Gasteiger charge is -2.17. The number of carbonyl (C=O) groups excluding carboxylic acids is 1. The molecule has 10 heteroatoms. The van der Waals surface area contributed by atoms with Crippen LogP contribution in [0.2, 0.25) is 0 Å². The fraction of sp³-hybridized carbons (Fsp3) is 0.438. The van der Waals surface area contributed by atoms with Crippen molar-refractivity contribution in [2.75, 3.05) is 16.4 Å². The Hall–Kier alpha value is -0.970. The van der Waals surface area contributed by atoms with E-state index in [4.69, 9.17) is 0 Å². The summed E-state index contributed by atoms with van der Waals surface area (Å²) in [6.45, 7) is 1.83. The predicted molar refractivity (Wildman–Crippen MR) is 108 cm³/mol. The summed E-state index contributed by atoms with van der Waals surface area (Å²) in [5, 5.41) is 8.84. The van der Waals surface area contributed by atoms with E-state index in [1.807, 2.05) is 6.92 Å². The highest BCUT2D eigenvalue weighted by Gasteiger charge is 2.35. The van der Waals surface area contributed by atoms with Crippen molar-refractivity contribution in [3.05, 3.63) is 28.7 Å². The zero-order valence-electron chi connectivity index (χ0n) is 14.1. The van der Waals surface area contributed by atoms with Crippen molar-refractivity contribution in [2.45, 2.75) is 41.5 Å². The molecule has 1 fully saturated rings. The molecule has 3 rings (SSSR count). The van der Waals surface area contributed by atoms with Crippen LogP contribution in [-0.4, -0.2) is 42.1 Å². The Morgan fingerprint density at radius 2 is 2.00 bits per heavy atom. The van der Waals surface area contributed by atoms with Gasteiger partial charge in [-0.15, -0.1) is 10.2 Å². The molecule has 1 aromatic carbocycles. The summed E-state index contributed by atoms with van der Waals surface area (Å²) in [7, 11) is -3.33. The number of carbonyl (C=O) groups is 1. The molecule has 1 aliphatic rings. The normalized spacial score (nSPS) is 14.4. The molecule has 0 spiro atoms. The Morgan fingerprint density at radius 3 is 2.62 bits per heavy atom. The molecule has 0 bridgehead atoms. The Balaban J connectivity index is 1.59. The molecule has 1 aromatic heterocycles. The third kappa shape index (κ3) is 4.85. The molecule has 26 heavy (non-hydrogen) atoms. The maximum Gasteiger partial charge on any atom is 0.228 e. The van der Waals surface area contributed by atoms with Gasteiger partial charge in [0, 0.05) is 22.7 Å². The van der Waals surface area contributed by atoms with Crippen molar-refractivity contribution in [2.24, 2.45) is 0 Å². The molecule has 1 saturated carbocycles. The average Bonchev–Trinajstić information content (AvgIpc) is 3.34. The molecule has 1 aliphatic carbocycles. The first kappa shape index (κ1) is 19.8. The average molecular weight is 476 g/mol. The van der Waals surface area contributed by atoms with Gasteiger partial charge in [0.15, 0.2) is 14.2 Å². The molecular weight excluding hydrogens is 458 g/mol. The van der Waals surface area contributed by atoms with Gasteiger partial charge in [0.2, 0.25) is 11.0 Å². The highest BCUT2D eigenvalue weighted by Crippen LogP contribution is 2.36. The van der Waals surface area contributed by atoms with Crippen LogP contribution < -0.4 is 4.90 Å². The second-order valence-electron chi connectivity index (χ2n) is 5.82. The summed E-state index contributed by atoms with van der Waals surface area (Å²) >= 11 is 6.00. The van der Waals surface area contributed by atoms with Gasteiger partial charge in [-0.3, -0.25) is 9.69 Å². The van der Waals surface area contributed by atoms with Crippen LogP contribution in [0.3, 0.4) is 0 Å². The van der Waals surface area contributed by atoms with Crippen LogP contribution in [0.15, 0.2) is 38.0 Å². The van der Waals surface area contributed by atoms with Gasteiger partial charge in [-0.1, -0.05) is 46.0 Å². The maximum atomic E-state index is 12.4. The van der Waals surface area contributed by atoms with Crippen molar-refractivity contribution in [1.29, 1.82) is 0 Å². The third-order valence-electron chi connectivity index (χ3n) is 3.84. The zero-order chi connectivity index (χ0) is 18.7. The van der Waals surface area contributed by atoms with E-state index in [9.17, 15) is 13.2 Å². The number of aromatic nitrogens is 2. The molecule has 140 valence electrons. The van der Waals surface area contributed by atoms with Gasteiger partial charge in [0.05, 0.1) is 10.6 Å². The van der Waals surface area contributed by atoms with Gasteiger partial charge in [-0.2, -0.15) is 0 Å². The number of hydrogen-bond acceptors (Lipinski definition) is 7. The molecule has 1 heterocycles. The Morgan fingerprint density at radius 1 is 1.31 bits per heavy atom. The minimum atomic E-state index is -3.33. The molecular formula is C16H18BrN3O3S3. The first-order valence-corrected chi connectivity index (χ1v) is 12.4. The molecule has 0 unspecified atom stereocenters. The SMILES string of the molecule is CCC(=O)N(c1nnc(SCCS(=O)(=O)c2ccc(Br)cc2)s1)C1CC1. The highest BCUT2D eigenvalue weighted by atomic mass is 79.9. The van der Waals surface area contributed by atoms with Crippen LogP contribution in [0.1, 0.15) is 26.2 Å². The fourth-order valence-corrected chi connectivity index (χ4v) is 6.24. The van der Waals surface area contributed by atoms with Gasteiger partial charge in [-0.05, 0) is 37.1 Å². The second kappa shape index (κ2) is 8.37. The van der Waals surface area contributed by atoms with E-state index in [2.05, 4.69) is 26.1 Å². The van der Waals surface area contributed by atoms with Crippen molar-refractivity contribution in [3.8, 4) is 0 Å². The molecule has 2 aromatic rings. The lowest BCUT2D eigenvalue weighted by molar-refractivity contribution is -0.118. The molecule has 0 atom stereocenters. The van der Waals surface area contributed by atoms with Crippen molar-refractivity contribution in [3.63, 3.8) is 0 Å². The molecule has 0 aliphatic heterocycles. The van der Waals surface area contributed by atoms with Crippen LogP contribution in [-0.2, 0) is 14.6 Å². The standard InChI is InChI=1S/C16H18BrN3O3S3/c1-2-14(21)20(12-5-6-12)15-18-19-16(25-15)24-9-10-26(22,23)13-7-3-11(17)4-8-13/h3-4,7-8,12H,2,5-6,9-10H2,1H3. The summed E-state index contributed by atoms with van der Waals surface area (Å²) in [4.78, 5) is 14.2. The minimum absolute atomic E-state index is 0.0223. The van der Waals surface area contributed by atoms with Crippen LogP contribution in [0, 0.1) is 0 Å². The van der Waals surface area contributed by atoms with E-state index in [1.165, 1.54) is 23.1 Å². The zero-order valence-corrected chi connectivity index (χ0v) is 18.1. The summed E-state index contributed by atoms with van der Waals surface area (Å²) in [5.74, 6) is 0.463. The summed E-state index contributed by atoms with van der Waals surface area (Å²) < 4.78 is 26.2. The van der Waals surface area contributed by atoms with Gasteiger partial charge >= 0.3 is 0 Å². The Kier molecular flexibility index (Phi) is 6.37. The molecule has 6 nitrogen and oxygen atoms in total. The number of amides is 1. The van der Waals surface area contributed by atoms with E-state index in [0.717, 1.165) is 17.3 Å². The fourth-order valence-electron chi connectivity index (χ4n) is 2.33. The van der Waals surface area contributed by atoms with Crippen molar-refractivity contribution < 1.29 is 13.2 Å². The molecule has 0 N–H and O–H groups in total. The van der Waals surface area contributed by atoms with Gasteiger partial charge in [-0.25, -0.2) is 8.42 Å². The lowest BCUT2D eigenvalue weighted by Crippen LogP contribution is -2.32. The first-order valence-electron chi connectivity index (χ1n) is 8.17. The molecule has 0 radical (unpaired) electrons. The summed E-state index contributed by atoms with van der Waals surface area (Å²) in [5.41, 5.74) is 0. The molecule has 0 saturated heterocycles. The number of halogens is 1. The monoisotopic (exact) mass is 475 g/mol. The van der Waals surface area contributed by atoms with E-state index in [-0.39, 0.29) is 17.7 Å². The number of nitrogens with zero attached hydrogens (tertiary/aromatic N) is 3. The largest absolute Gasteiger partial charge is 0.284 e. The smallest absolute Gasteiger partial charge is 0.228 e. The maximum absolute atomic E-state index is 12.4. The van der Waals surface area contributed by atoms with Crippen LogP contribution in [0.5, 0.6) is 0 Å². The second-order valence-corrected chi connectivity index (χ2v) is 11.1. The number of benzene rings is 1. The Bertz CT molecular complexity index is 880. The minimum Gasteiger partial charge on any atom is -0.284 e. The van der Waals surface area contributed by atoms with E-state index in [0.29, 0.717) is 26.5 Å². The van der Waals surface area contributed by atoms with Crippen LogP contribution in [0.4, 0.5) is 5.13 Å². The number of anilines is 1. The summed E-state index contributed by atoms with van der Waals surface area (Å²) in [6, 6.07) is 6.86. The van der Waals surface area contributed by atoms with Gasteiger partial charge < -0.3 is 0 Å². The van der Waals surface area contributed by atoms with Crippen LogP contribution in [0.25, 0.3) is 0 Å². The van der Waals surface area contributed by atoms with Crippen molar-refractivity contribution >= 4 is 59.9 Å². The van der Waals surface area contributed by atoms with Gasteiger partial charge in [0.1, 0.15) is 0 Å². The van der Waals surface area contributed by atoms with Gasteiger partial charge in [0.25, 0.3) is 0 Å². The third-order valence-corrected chi connectivity index (χ3v) is 8.41. The Labute approximate surface area is 169 Å². The first-order chi connectivity index (χ1) is 12.4. The highest BCUT2D eigenvalue weighted by molar-refractivity contribution is 9.10. The van der Waals surface area contributed by atoms with Crippen LogP contribution >= 0.6 is 39.0 Å². The number of sulfone groups is 1. The van der Waals surface area contributed by atoms with Crippen molar-refractivity contribution in [1.82, 2.24) is 10.2 Å². The van der Waals surface area contributed by atoms with E-state index < -0.39 is 9.84 Å². The number of thioether (sulfide) groups is 1. The quantitative estimate of drug-likeness (QED) is 0.426. The summed E-state index contributed by atoms with van der Waals surface area (Å²) in [6.07, 6.45) is 2.43. The van der Waals surface area contributed by atoms with E-state index in [1.54, 1.807) is 29.2 Å². The topological polar surface area (TPSA) is 80.2 Å². The lowest BCUT2D eigenvalue weighted by atomic mass is 10.4. The molecule has 1 amide bonds. The number of hydrogen-bond donors (Lipinski definition) is 0. The predicted octanol–water partition coefficient (Wildman–Crippen LogP) is 3.77. The van der Waals surface area contributed by atoms with E-state index >= 15 is 0 Å². The number of rotatable bonds is 8.